The van der Waals surface area contributed by atoms with Gasteiger partial charge < -0.3 is 0 Å². The average Bonchev–Trinajstić information content (AvgIpc) is 2.26. The molecule has 0 amide bonds. The fraction of sp³-hybridized carbons (Fsp3) is 1.00. The first kappa shape index (κ1) is 18.4. The van der Waals surface area contributed by atoms with E-state index in [1.165, 1.54) is 44.9 Å². The van der Waals surface area contributed by atoms with Crippen molar-refractivity contribution < 1.29 is 0 Å². The first-order valence-corrected chi connectivity index (χ1v) is 7.61. The standard InChI is InChI=1S/C11H22.C3H8.C2H6/c1-4-6-7-11(3)8-10(5-2)9-11;1-3-2;1-2/h10H,4-9H2,1-3H3;3H2,1-2H3;1-2H3. The Kier molecular flexibility index (Phi) is 13.2. The molecule has 0 nitrogen and oxygen atoms in total. The summed E-state index contributed by atoms with van der Waals surface area (Å²) >= 11 is 0. The molecule has 0 saturated heterocycles. The lowest BCUT2D eigenvalue weighted by Crippen LogP contribution is -2.33. The third-order valence-corrected chi connectivity index (χ3v) is 3.27. The molecule has 100 valence electrons. The first-order chi connectivity index (χ1) is 7.61. The summed E-state index contributed by atoms with van der Waals surface area (Å²) in [6.45, 7) is 15.3. The van der Waals surface area contributed by atoms with Crippen LogP contribution in [-0.4, -0.2) is 0 Å². The smallest absolute Gasteiger partial charge is 0.0321 e. The molecular formula is C16H36. The molecule has 0 aromatic heterocycles. The van der Waals surface area contributed by atoms with Crippen molar-refractivity contribution in [3.63, 3.8) is 0 Å². The van der Waals surface area contributed by atoms with Gasteiger partial charge >= 0.3 is 0 Å². The summed E-state index contributed by atoms with van der Waals surface area (Å²) in [6.07, 6.45) is 9.94. The summed E-state index contributed by atoms with van der Waals surface area (Å²) in [5.41, 5.74) is 0.747. The van der Waals surface area contributed by atoms with Crippen molar-refractivity contribution in [3.8, 4) is 0 Å². The molecule has 0 spiro atoms. The van der Waals surface area contributed by atoms with Crippen molar-refractivity contribution in [2.75, 3.05) is 0 Å². The number of hydrogen-bond acceptors (Lipinski definition) is 0. The molecule has 1 saturated carbocycles. The maximum absolute atomic E-state index is 2.47. The molecule has 0 N–H and O–H groups in total. The molecule has 0 unspecified atom stereocenters. The van der Waals surface area contributed by atoms with Crippen LogP contribution < -0.4 is 0 Å². The monoisotopic (exact) mass is 228 g/mol. The third kappa shape index (κ3) is 8.19. The largest absolute Gasteiger partial charge is 0.0683 e. The molecular weight excluding hydrogens is 192 g/mol. The minimum Gasteiger partial charge on any atom is -0.0683 e. The second-order valence-corrected chi connectivity index (χ2v) is 5.30. The minimum atomic E-state index is 0.747. The van der Waals surface area contributed by atoms with Gasteiger partial charge in [-0.3, -0.25) is 0 Å². The van der Waals surface area contributed by atoms with E-state index in [4.69, 9.17) is 0 Å². The third-order valence-electron chi connectivity index (χ3n) is 3.27. The topological polar surface area (TPSA) is 0 Å². The number of rotatable bonds is 4. The summed E-state index contributed by atoms with van der Waals surface area (Å²) in [5.74, 6) is 1.07. The molecule has 0 aromatic carbocycles. The Balaban J connectivity index is 0. The molecule has 0 radical (unpaired) electrons. The summed E-state index contributed by atoms with van der Waals surface area (Å²) in [7, 11) is 0. The molecule has 1 rings (SSSR count). The van der Waals surface area contributed by atoms with Crippen molar-refractivity contribution in [1.82, 2.24) is 0 Å². The molecule has 0 bridgehead atoms. The van der Waals surface area contributed by atoms with E-state index < -0.39 is 0 Å². The van der Waals surface area contributed by atoms with E-state index in [2.05, 4.69) is 34.6 Å². The van der Waals surface area contributed by atoms with Crippen LogP contribution in [0.4, 0.5) is 0 Å². The van der Waals surface area contributed by atoms with E-state index in [-0.39, 0.29) is 0 Å². The molecule has 16 heavy (non-hydrogen) atoms. The maximum Gasteiger partial charge on any atom is -0.0321 e. The van der Waals surface area contributed by atoms with Gasteiger partial charge in [0.05, 0.1) is 0 Å². The first-order valence-electron chi connectivity index (χ1n) is 7.61. The van der Waals surface area contributed by atoms with Crippen LogP contribution in [0.5, 0.6) is 0 Å². The van der Waals surface area contributed by atoms with E-state index in [0.717, 1.165) is 11.3 Å². The molecule has 0 aromatic rings. The van der Waals surface area contributed by atoms with Crippen LogP contribution in [0.3, 0.4) is 0 Å². The van der Waals surface area contributed by atoms with Crippen LogP contribution in [0.25, 0.3) is 0 Å². The molecule has 0 heteroatoms. The fourth-order valence-electron chi connectivity index (χ4n) is 2.43. The van der Waals surface area contributed by atoms with Crippen LogP contribution in [0.1, 0.15) is 93.4 Å². The molecule has 1 fully saturated rings. The summed E-state index contributed by atoms with van der Waals surface area (Å²) in [5, 5.41) is 0. The van der Waals surface area contributed by atoms with E-state index >= 15 is 0 Å². The second kappa shape index (κ2) is 11.5. The zero-order chi connectivity index (χ0) is 13.0. The van der Waals surface area contributed by atoms with Crippen molar-refractivity contribution in [1.29, 1.82) is 0 Å². The highest BCUT2D eigenvalue weighted by atomic mass is 14.4. The zero-order valence-electron chi connectivity index (χ0n) is 13.0. The predicted octanol–water partition coefficient (Wildman–Crippen LogP) is 6.45. The molecule has 0 aliphatic heterocycles. The quantitative estimate of drug-likeness (QED) is 0.519. The summed E-state index contributed by atoms with van der Waals surface area (Å²) < 4.78 is 0. The van der Waals surface area contributed by atoms with Gasteiger partial charge in [0.25, 0.3) is 0 Å². The van der Waals surface area contributed by atoms with Gasteiger partial charge in [-0.1, -0.05) is 74.1 Å². The van der Waals surface area contributed by atoms with Gasteiger partial charge in [-0.15, -0.1) is 0 Å². The highest BCUT2D eigenvalue weighted by molar-refractivity contribution is 4.89. The minimum absolute atomic E-state index is 0.747. The highest BCUT2D eigenvalue weighted by Crippen LogP contribution is 2.49. The summed E-state index contributed by atoms with van der Waals surface area (Å²) in [6, 6.07) is 0. The molecule has 0 atom stereocenters. The zero-order valence-corrected chi connectivity index (χ0v) is 13.0. The van der Waals surface area contributed by atoms with Crippen LogP contribution in [-0.2, 0) is 0 Å². The van der Waals surface area contributed by atoms with Gasteiger partial charge in [-0.05, 0) is 30.6 Å². The predicted molar refractivity (Wildman–Crippen MR) is 78.0 cm³/mol. The van der Waals surface area contributed by atoms with Crippen LogP contribution in [0.15, 0.2) is 0 Å². The summed E-state index contributed by atoms with van der Waals surface area (Å²) in [4.78, 5) is 0. The van der Waals surface area contributed by atoms with Crippen LogP contribution in [0, 0.1) is 11.3 Å². The number of unbranched alkanes of at least 4 members (excludes halogenated alkanes) is 1. The van der Waals surface area contributed by atoms with Crippen molar-refractivity contribution in [2.24, 2.45) is 11.3 Å². The molecule has 0 heterocycles. The SMILES string of the molecule is CC.CCC.CCCCC1(C)CC(CC)C1. The lowest BCUT2D eigenvalue weighted by atomic mass is 9.60. The number of hydrogen-bond donors (Lipinski definition) is 0. The van der Waals surface area contributed by atoms with Gasteiger partial charge in [0.1, 0.15) is 0 Å². The lowest BCUT2D eigenvalue weighted by Gasteiger charge is -2.45. The Morgan fingerprint density at radius 3 is 1.75 bits per heavy atom. The van der Waals surface area contributed by atoms with E-state index in [9.17, 15) is 0 Å². The van der Waals surface area contributed by atoms with Crippen LogP contribution >= 0.6 is 0 Å². The Morgan fingerprint density at radius 1 is 1.00 bits per heavy atom. The Hall–Kier alpha value is 0. The van der Waals surface area contributed by atoms with Gasteiger partial charge in [0.2, 0.25) is 0 Å². The Morgan fingerprint density at radius 2 is 1.44 bits per heavy atom. The molecule has 1 aliphatic carbocycles. The van der Waals surface area contributed by atoms with Gasteiger partial charge in [-0.2, -0.15) is 0 Å². The fourth-order valence-corrected chi connectivity index (χ4v) is 2.43. The second-order valence-electron chi connectivity index (χ2n) is 5.30. The average molecular weight is 228 g/mol. The highest BCUT2D eigenvalue weighted by Gasteiger charge is 2.37. The van der Waals surface area contributed by atoms with Gasteiger partial charge in [0, 0.05) is 0 Å². The lowest BCUT2D eigenvalue weighted by molar-refractivity contribution is 0.0604. The van der Waals surface area contributed by atoms with Gasteiger partial charge in [-0.25, -0.2) is 0 Å². The Labute approximate surface area is 105 Å². The molecule has 1 aliphatic rings. The maximum atomic E-state index is 2.47. The van der Waals surface area contributed by atoms with Crippen molar-refractivity contribution in [3.05, 3.63) is 0 Å². The van der Waals surface area contributed by atoms with E-state index in [1.807, 2.05) is 13.8 Å². The van der Waals surface area contributed by atoms with Crippen molar-refractivity contribution >= 4 is 0 Å². The Bertz CT molecular complexity index is 114. The normalized spacial score (nSPS) is 26.8. The van der Waals surface area contributed by atoms with E-state index in [0.29, 0.717) is 0 Å². The van der Waals surface area contributed by atoms with E-state index in [1.54, 1.807) is 0 Å². The van der Waals surface area contributed by atoms with Crippen LogP contribution in [0.2, 0.25) is 0 Å². The van der Waals surface area contributed by atoms with Crippen molar-refractivity contribution in [2.45, 2.75) is 93.4 Å². The van der Waals surface area contributed by atoms with Gasteiger partial charge in [0.15, 0.2) is 0 Å².